The number of hydrogen-bond acceptors (Lipinski definition) is 1. The summed E-state index contributed by atoms with van der Waals surface area (Å²) < 4.78 is 3.30. The number of fused-ring (bicyclic) bond motifs is 1. The lowest BCUT2D eigenvalue weighted by atomic mass is 10.3. The quantitative estimate of drug-likeness (QED) is 0.612. The first-order valence-electron chi connectivity index (χ1n) is 4.02. The minimum Gasteiger partial charge on any atom is -0.327 e. The third kappa shape index (κ3) is 1.60. The van der Waals surface area contributed by atoms with Crippen molar-refractivity contribution in [2.24, 2.45) is 0 Å². The van der Waals surface area contributed by atoms with Crippen molar-refractivity contribution in [2.45, 2.75) is 6.54 Å². The Balaban J connectivity index is 2.61. The Hall–Kier alpha value is -0.840. The Labute approximate surface area is 90.4 Å². The smallest absolute Gasteiger partial charge is 0.0961 e. The first-order valence-corrected chi connectivity index (χ1v) is 5.10. The number of halogens is 1. The Kier molecular flexibility index (Phi) is 2.35. The molecule has 0 aliphatic rings. The summed E-state index contributed by atoms with van der Waals surface area (Å²) in [5.74, 6) is 0. The molecule has 0 amide bonds. The summed E-state index contributed by atoms with van der Waals surface area (Å²) in [6.07, 6.45) is 3.72. The average molecular weight is 284 g/mol. The highest BCUT2D eigenvalue weighted by atomic mass is 127. The van der Waals surface area contributed by atoms with Crippen LogP contribution in [0.3, 0.4) is 0 Å². The third-order valence-corrected chi connectivity index (χ3v) is 2.58. The zero-order valence-corrected chi connectivity index (χ0v) is 9.23. The fraction of sp³-hybridized carbons (Fsp3) is 0.100. The molecule has 1 heterocycles. The number of hydrogen-bond donors (Lipinski definition) is 0. The van der Waals surface area contributed by atoms with Crippen LogP contribution in [0.25, 0.3) is 11.0 Å². The molecular formula is C10H9IN2. The molecule has 66 valence electrons. The maximum atomic E-state index is 4.31. The molecule has 0 saturated carbocycles. The van der Waals surface area contributed by atoms with Gasteiger partial charge in [0, 0.05) is 10.1 Å². The van der Waals surface area contributed by atoms with E-state index in [2.05, 4.69) is 56.9 Å². The largest absolute Gasteiger partial charge is 0.327 e. The van der Waals surface area contributed by atoms with Crippen LogP contribution in [0.5, 0.6) is 0 Å². The van der Waals surface area contributed by atoms with Crippen LogP contribution in [-0.4, -0.2) is 9.55 Å². The number of rotatable bonds is 2. The van der Waals surface area contributed by atoms with Crippen molar-refractivity contribution in [3.05, 3.63) is 40.8 Å². The van der Waals surface area contributed by atoms with Crippen LogP contribution in [0.4, 0.5) is 0 Å². The fourth-order valence-electron chi connectivity index (χ4n) is 1.32. The molecule has 2 aromatic rings. The summed E-state index contributed by atoms with van der Waals surface area (Å²) >= 11 is 2.29. The third-order valence-electron chi connectivity index (χ3n) is 1.91. The van der Waals surface area contributed by atoms with Crippen molar-refractivity contribution >= 4 is 33.6 Å². The molecule has 0 saturated heterocycles. The van der Waals surface area contributed by atoms with Crippen molar-refractivity contribution in [1.82, 2.24) is 9.55 Å². The van der Waals surface area contributed by atoms with Gasteiger partial charge < -0.3 is 4.57 Å². The van der Waals surface area contributed by atoms with E-state index in [1.807, 2.05) is 12.4 Å². The Morgan fingerprint density at radius 2 is 2.38 bits per heavy atom. The zero-order chi connectivity index (χ0) is 9.26. The van der Waals surface area contributed by atoms with Crippen LogP contribution in [0, 0.1) is 3.57 Å². The van der Waals surface area contributed by atoms with Crippen LogP contribution in [0.15, 0.2) is 37.2 Å². The highest BCUT2D eigenvalue weighted by molar-refractivity contribution is 14.1. The molecular weight excluding hydrogens is 275 g/mol. The van der Waals surface area contributed by atoms with Gasteiger partial charge in [-0.25, -0.2) is 4.98 Å². The van der Waals surface area contributed by atoms with Crippen molar-refractivity contribution < 1.29 is 0 Å². The lowest BCUT2D eigenvalue weighted by molar-refractivity contribution is 0.851. The standard InChI is InChI=1S/C10H9IN2/c1-2-5-13-7-12-9-6-8(11)3-4-10(9)13/h2-4,6-7H,1,5H2. The number of allylic oxidation sites excluding steroid dienone is 1. The Morgan fingerprint density at radius 3 is 3.15 bits per heavy atom. The van der Waals surface area contributed by atoms with E-state index >= 15 is 0 Å². The molecule has 2 nitrogen and oxygen atoms in total. The van der Waals surface area contributed by atoms with Gasteiger partial charge in [0.15, 0.2) is 0 Å². The summed E-state index contributed by atoms with van der Waals surface area (Å²) in [5, 5.41) is 0. The fourth-order valence-corrected chi connectivity index (χ4v) is 1.80. The van der Waals surface area contributed by atoms with E-state index in [1.54, 1.807) is 0 Å². The van der Waals surface area contributed by atoms with Gasteiger partial charge in [0.2, 0.25) is 0 Å². The van der Waals surface area contributed by atoms with Gasteiger partial charge in [-0.2, -0.15) is 0 Å². The Bertz CT molecular complexity index is 445. The highest BCUT2D eigenvalue weighted by Gasteiger charge is 2.00. The second-order valence-electron chi connectivity index (χ2n) is 2.82. The summed E-state index contributed by atoms with van der Waals surface area (Å²) in [6, 6.07) is 6.26. The predicted molar refractivity (Wildman–Crippen MR) is 62.6 cm³/mol. The van der Waals surface area contributed by atoms with Gasteiger partial charge in [0.05, 0.1) is 17.4 Å². The average Bonchev–Trinajstić information content (AvgIpc) is 2.49. The predicted octanol–water partition coefficient (Wildman–Crippen LogP) is 2.83. The van der Waals surface area contributed by atoms with E-state index in [4.69, 9.17) is 0 Å². The summed E-state index contributed by atoms with van der Waals surface area (Å²) in [7, 11) is 0. The van der Waals surface area contributed by atoms with Gasteiger partial charge in [-0.1, -0.05) is 6.08 Å². The minimum absolute atomic E-state index is 0.817. The van der Waals surface area contributed by atoms with E-state index in [-0.39, 0.29) is 0 Å². The summed E-state index contributed by atoms with van der Waals surface area (Å²) in [5.41, 5.74) is 2.22. The molecule has 0 aliphatic carbocycles. The van der Waals surface area contributed by atoms with Crippen molar-refractivity contribution in [1.29, 1.82) is 0 Å². The maximum Gasteiger partial charge on any atom is 0.0961 e. The molecule has 1 aromatic heterocycles. The molecule has 3 heteroatoms. The molecule has 0 unspecified atom stereocenters. The van der Waals surface area contributed by atoms with E-state index in [0.717, 1.165) is 12.1 Å². The summed E-state index contributed by atoms with van der Waals surface area (Å²) in [6.45, 7) is 4.53. The van der Waals surface area contributed by atoms with Gasteiger partial charge in [-0.3, -0.25) is 0 Å². The van der Waals surface area contributed by atoms with E-state index in [9.17, 15) is 0 Å². The molecule has 0 atom stereocenters. The second kappa shape index (κ2) is 3.49. The van der Waals surface area contributed by atoms with Gasteiger partial charge >= 0.3 is 0 Å². The van der Waals surface area contributed by atoms with Crippen molar-refractivity contribution in [3.8, 4) is 0 Å². The van der Waals surface area contributed by atoms with Crippen LogP contribution in [-0.2, 0) is 6.54 Å². The van der Waals surface area contributed by atoms with Crippen molar-refractivity contribution in [3.63, 3.8) is 0 Å². The Morgan fingerprint density at radius 1 is 1.54 bits per heavy atom. The minimum atomic E-state index is 0.817. The first kappa shape index (κ1) is 8.74. The molecule has 0 bridgehead atoms. The van der Waals surface area contributed by atoms with Crippen LogP contribution in [0.1, 0.15) is 0 Å². The van der Waals surface area contributed by atoms with Crippen LogP contribution < -0.4 is 0 Å². The van der Waals surface area contributed by atoms with Gasteiger partial charge in [-0.15, -0.1) is 6.58 Å². The molecule has 0 aliphatic heterocycles. The molecule has 1 aromatic carbocycles. The topological polar surface area (TPSA) is 17.8 Å². The molecule has 0 radical (unpaired) electrons. The zero-order valence-electron chi connectivity index (χ0n) is 7.07. The molecule has 0 spiro atoms. The van der Waals surface area contributed by atoms with E-state index in [1.165, 1.54) is 9.09 Å². The van der Waals surface area contributed by atoms with Gasteiger partial charge in [0.25, 0.3) is 0 Å². The van der Waals surface area contributed by atoms with Gasteiger partial charge in [-0.05, 0) is 40.8 Å². The maximum absolute atomic E-state index is 4.31. The van der Waals surface area contributed by atoms with Crippen LogP contribution >= 0.6 is 22.6 Å². The second-order valence-corrected chi connectivity index (χ2v) is 4.06. The number of aromatic nitrogens is 2. The number of imidazole rings is 1. The molecule has 0 N–H and O–H groups in total. The van der Waals surface area contributed by atoms with E-state index < -0.39 is 0 Å². The van der Waals surface area contributed by atoms with Crippen molar-refractivity contribution in [2.75, 3.05) is 0 Å². The van der Waals surface area contributed by atoms with Crippen LogP contribution in [0.2, 0.25) is 0 Å². The normalized spacial score (nSPS) is 10.5. The SMILES string of the molecule is C=CCn1cnc2cc(I)ccc21. The lowest BCUT2D eigenvalue weighted by Gasteiger charge is -1.98. The van der Waals surface area contributed by atoms with E-state index in [0.29, 0.717) is 0 Å². The number of benzene rings is 1. The molecule has 2 rings (SSSR count). The first-order chi connectivity index (χ1) is 6.31. The summed E-state index contributed by atoms with van der Waals surface area (Å²) in [4.78, 5) is 4.31. The molecule has 0 fully saturated rings. The molecule has 13 heavy (non-hydrogen) atoms. The van der Waals surface area contributed by atoms with Gasteiger partial charge in [0.1, 0.15) is 0 Å². The highest BCUT2D eigenvalue weighted by Crippen LogP contribution is 2.15. The number of nitrogens with zero attached hydrogens (tertiary/aromatic N) is 2. The monoisotopic (exact) mass is 284 g/mol. The lowest BCUT2D eigenvalue weighted by Crippen LogP contribution is -1.91.